The standard InChI is InChI=1S/C35H35BrCl2N4O2/c1-41(42(2)20-18-35(27-13-15-29(36)16-14-27)44-33-8-4-6-31(38)22-33)19-17-34(43-32-7-3-5-30(37)21-32)26-11-9-25(10-12-26)28-23-39-40-24-28/h3-16,21-24,34-35H,17-20H2,1-2H3,(H,39,40). The number of H-pyrrole nitrogens is 1. The van der Waals surface area contributed by atoms with Gasteiger partial charge in [0.15, 0.2) is 0 Å². The minimum atomic E-state index is -0.163. The van der Waals surface area contributed by atoms with Gasteiger partial charge >= 0.3 is 0 Å². The summed E-state index contributed by atoms with van der Waals surface area (Å²) in [6.45, 7) is 1.57. The molecule has 0 saturated carbocycles. The zero-order valence-corrected chi connectivity index (χ0v) is 27.8. The molecule has 6 nitrogen and oxygen atoms in total. The predicted molar refractivity (Wildman–Crippen MR) is 182 cm³/mol. The Balaban J connectivity index is 1.24. The molecule has 0 radical (unpaired) electrons. The first-order chi connectivity index (χ1) is 21.3. The van der Waals surface area contributed by atoms with Gasteiger partial charge in [-0.2, -0.15) is 5.10 Å². The van der Waals surface area contributed by atoms with Crippen molar-refractivity contribution < 1.29 is 9.47 Å². The lowest BCUT2D eigenvalue weighted by Gasteiger charge is -2.31. The van der Waals surface area contributed by atoms with Gasteiger partial charge in [0.2, 0.25) is 0 Å². The van der Waals surface area contributed by atoms with Crippen LogP contribution in [0.1, 0.15) is 36.2 Å². The highest BCUT2D eigenvalue weighted by molar-refractivity contribution is 9.10. The highest BCUT2D eigenvalue weighted by Crippen LogP contribution is 2.30. The third-order valence-electron chi connectivity index (χ3n) is 7.52. The summed E-state index contributed by atoms with van der Waals surface area (Å²) >= 11 is 16.0. The van der Waals surface area contributed by atoms with Crippen LogP contribution in [0.5, 0.6) is 11.5 Å². The average molecular weight is 695 g/mol. The van der Waals surface area contributed by atoms with Gasteiger partial charge in [0.1, 0.15) is 23.7 Å². The number of aromatic nitrogens is 2. The second kappa shape index (κ2) is 15.6. The van der Waals surface area contributed by atoms with E-state index in [4.69, 9.17) is 32.7 Å². The molecule has 0 aliphatic rings. The third kappa shape index (κ3) is 9.10. The molecule has 1 heterocycles. The monoisotopic (exact) mass is 692 g/mol. The molecular weight excluding hydrogens is 659 g/mol. The molecule has 0 saturated heterocycles. The number of aromatic amines is 1. The van der Waals surface area contributed by atoms with Gasteiger partial charge in [0.25, 0.3) is 0 Å². The molecule has 9 heteroatoms. The average Bonchev–Trinajstić information content (AvgIpc) is 3.57. The van der Waals surface area contributed by atoms with E-state index >= 15 is 0 Å². The molecule has 1 aromatic heterocycles. The molecule has 228 valence electrons. The number of benzene rings is 4. The fraction of sp³-hybridized carbons (Fsp3) is 0.229. The Kier molecular flexibility index (Phi) is 11.4. The molecule has 44 heavy (non-hydrogen) atoms. The minimum absolute atomic E-state index is 0.134. The maximum Gasteiger partial charge on any atom is 0.125 e. The van der Waals surface area contributed by atoms with Crippen LogP contribution in [0.15, 0.2) is 114 Å². The van der Waals surface area contributed by atoms with Crippen LogP contribution in [0.3, 0.4) is 0 Å². The van der Waals surface area contributed by atoms with Crippen LogP contribution in [-0.4, -0.2) is 47.4 Å². The van der Waals surface area contributed by atoms with Gasteiger partial charge < -0.3 is 9.47 Å². The van der Waals surface area contributed by atoms with E-state index in [1.807, 2.05) is 73.1 Å². The Morgan fingerprint density at radius 2 is 1.20 bits per heavy atom. The predicted octanol–water partition coefficient (Wildman–Crippen LogP) is 9.65. The normalized spacial score (nSPS) is 12.8. The number of nitrogens with one attached hydrogen (secondary N) is 1. The van der Waals surface area contributed by atoms with Crippen molar-refractivity contribution in [3.63, 3.8) is 0 Å². The van der Waals surface area contributed by atoms with Crippen LogP contribution < -0.4 is 9.47 Å². The van der Waals surface area contributed by atoms with Crippen molar-refractivity contribution in [3.8, 4) is 22.6 Å². The molecule has 5 aromatic rings. The maximum atomic E-state index is 6.50. The van der Waals surface area contributed by atoms with Crippen LogP contribution in [0.4, 0.5) is 0 Å². The molecule has 2 atom stereocenters. The number of rotatable bonds is 14. The van der Waals surface area contributed by atoms with Crippen molar-refractivity contribution >= 4 is 39.1 Å². The Morgan fingerprint density at radius 1 is 0.705 bits per heavy atom. The first kappa shape index (κ1) is 32.1. The van der Waals surface area contributed by atoms with E-state index in [2.05, 4.69) is 86.6 Å². The fourth-order valence-corrected chi connectivity index (χ4v) is 5.55. The molecule has 0 aliphatic carbocycles. The summed E-state index contributed by atoms with van der Waals surface area (Å²) in [5, 5.41) is 12.7. The highest BCUT2D eigenvalue weighted by atomic mass is 79.9. The van der Waals surface area contributed by atoms with Gasteiger partial charge in [-0.25, -0.2) is 10.0 Å². The molecule has 1 N–H and O–H groups in total. The van der Waals surface area contributed by atoms with Crippen molar-refractivity contribution in [3.05, 3.63) is 135 Å². The number of hydrogen-bond donors (Lipinski definition) is 1. The van der Waals surface area contributed by atoms with E-state index in [0.29, 0.717) is 10.0 Å². The quantitative estimate of drug-likeness (QED) is 0.117. The van der Waals surface area contributed by atoms with E-state index in [1.54, 1.807) is 0 Å². The lowest BCUT2D eigenvalue weighted by Crippen LogP contribution is -2.39. The SMILES string of the molecule is CN(CCC(Oc1cccc(Cl)c1)c1ccc(Br)cc1)N(C)CCC(Oc1cccc(Cl)c1)c1ccc(-c2cn[nH]c2)cc1. The van der Waals surface area contributed by atoms with E-state index in [0.717, 1.165) is 64.2 Å². The van der Waals surface area contributed by atoms with Gasteiger partial charge in [0.05, 0.1) is 6.20 Å². The summed E-state index contributed by atoms with van der Waals surface area (Å²) in [5.74, 6) is 1.49. The largest absolute Gasteiger partial charge is 0.486 e. The van der Waals surface area contributed by atoms with E-state index in [-0.39, 0.29) is 12.2 Å². The number of nitrogens with zero attached hydrogens (tertiary/aromatic N) is 3. The Labute approximate surface area is 277 Å². The van der Waals surface area contributed by atoms with E-state index in [1.165, 1.54) is 0 Å². The summed E-state index contributed by atoms with van der Waals surface area (Å²) in [7, 11) is 4.20. The summed E-state index contributed by atoms with van der Waals surface area (Å²) in [5.41, 5.74) is 4.35. The topological polar surface area (TPSA) is 53.6 Å². The molecule has 0 amide bonds. The molecule has 0 bridgehead atoms. The van der Waals surface area contributed by atoms with Crippen LogP contribution in [0.2, 0.25) is 10.0 Å². The van der Waals surface area contributed by atoms with Gasteiger partial charge in [0, 0.05) is 66.3 Å². The fourth-order valence-electron chi connectivity index (χ4n) is 4.92. The number of ether oxygens (including phenoxy) is 2. The zero-order valence-electron chi connectivity index (χ0n) is 24.7. The second-order valence-electron chi connectivity index (χ2n) is 10.6. The third-order valence-corrected chi connectivity index (χ3v) is 8.52. The minimum Gasteiger partial charge on any atom is -0.486 e. The maximum absolute atomic E-state index is 6.50. The smallest absolute Gasteiger partial charge is 0.125 e. The Hall–Kier alpha value is -3.33. The molecule has 0 spiro atoms. The summed E-state index contributed by atoms with van der Waals surface area (Å²) in [4.78, 5) is 0. The van der Waals surface area contributed by atoms with Crippen molar-refractivity contribution in [2.75, 3.05) is 27.2 Å². The van der Waals surface area contributed by atoms with Crippen molar-refractivity contribution in [1.29, 1.82) is 0 Å². The number of hydrazine groups is 1. The van der Waals surface area contributed by atoms with Crippen molar-refractivity contribution in [2.45, 2.75) is 25.0 Å². The van der Waals surface area contributed by atoms with Crippen molar-refractivity contribution in [2.24, 2.45) is 0 Å². The Morgan fingerprint density at radius 3 is 1.66 bits per heavy atom. The summed E-state index contributed by atoms with van der Waals surface area (Å²) in [6, 6.07) is 31.8. The molecule has 0 aliphatic heterocycles. The Bertz CT molecular complexity index is 1600. The van der Waals surface area contributed by atoms with Crippen LogP contribution in [0, 0.1) is 0 Å². The van der Waals surface area contributed by atoms with Gasteiger partial charge in [-0.1, -0.05) is 87.7 Å². The first-order valence-corrected chi connectivity index (χ1v) is 16.0. The van der Waals surface area contributed by atoms with Crippen LogP contribution in [-0.2, 0) is 0 Å². The van der Waals surface area contributed by atoms with Crippen LogP contribution >= 0.6 is 39.1 Å². The molecular formula is C35H35BrCl2N4O2. The van der Waals surface area contributed by atoms with Gasteiger partial charge in [-0.15, -0.1) is 0 Å². The molecule has 4 aromatic carbocycles. The molecule has 5 rings (SSSR count). The van der Waals surface area contributed by atoms with Gasteiger partial charge in [-0.05, 0) is 65.2 Å². The molecule has 0 fully saturated rings. The van der Waals surface area contributed by atoms with E-state index < -0.39 is 0 Å². The van der Waals surface area contributed by atoms with Gasteiger partial charge in [-0.3, -0.25) is 5.10 Å². The number of hydrogen-bond acceptors (Lipinski definition) is 5. The van der Waals surface area contributed by atoms with Crippen molar-refractivity contribution in [1.82, 2.24) is 20.2 Å². The lowest BCUT2D eigenvalue weighted by atomic mass is 10.0. The first-order valence-electron chi connectivity index (χ1n) is 14.5. The summed E-state index contributed by atoms with van der Waals surface area (Å²) < 4.78 is 14.0. The second-order valence-corrected chi connectivity index (χ2v) is 12.4. The number of halogens is 3. The summed E-state index contributed by atoms with van der Waals surface area (Å²) in [6.07, 6.45) is 4.97. The van der Waals surface area contributed by atoms with E-state index in [9.17, 15) is 0 Å². The van der Waals surface area contributed by atoms with Crippen LogP contribution in [0.25, 0.3) is 11.1 Å². The lowest BCUT2D eigenvalue weighted by molar-refractivity contribution is 0.00585. The molecule has 2 unspecified atom stereocenters. The zero-order chi connectivity index (χ0) is 30.9. The highest BCUT2D eigenvalue weighted by Gasteiger charge is 2.19.